The van der Waals surface area contributed by atoms with Gasteiger partial charge in [-0.05, 0) is 26.8 Å². The second-order valence-electron chi connectivity index (χ2n) is 4.36. The Morgan fingerprint density at radius 1 is 1.55 bits per heavy atom. The molecule has 0 aliphatic carbocycles. The SMILES string of the molecule is CCOC(=O)CN(c1ccc([N+](=O)[O-])c(N)n1)C(C)C. The smallest absolute Gasteiger partial charge is 0.325 e. The molecule has 0 aliphatic heterocycles. The minimum atomic E-state index is -0.600. The van der Waals surface area contributed by atoms with Gasteiger partial charge in [0.15, 0.2) is 0 Å². The molecule has 0 fully saturated rings. The highest BCUT2D eigenvalue weighted by atomic mass is 16.6. The van der Waals surface area contributed by atoms with Crippen molar-refractivity contribution in [1.29, 1.82) is 0 Å². The fourth-order valence-corrected chi connectivity index (χ4v) is 1.64. The molecule has 2 N–H and O–H groups in total. The molecule has 0 bridgehead atoms. The topological polar surface area (TPSA) is 112 Å². The standard InChI is InChI=1S/C12H18N4O4/c1-4-20-11(17)7-15(8(2)3)10-6-5-9(16(18)19)12(13)14-10/h5-6,8H,4,7H2,1-3H3,(H2,13,14). The van der Waals surface area contributed by atoms with E-state index in [-0.39, 0.29) is 30.1 Å². The predicted molar refractivity (Wildman–Crippen MR) is 74.4 cm³/mol. The minimum Gasteiger partial charge on any atom is -0.465 e. The fraction of sp³-hybridized carbons (Fsp3) is 0.500. The third-order valence-corrected chi connectivity index (χ3v) is 2.61. The van der Waals surface area contributed by atoms with Crippen molar-refractivity contribution in [1.82, 2.24) is 4.98 Å². The van der Waals surface area contributed by atoms with E-state index in [1.54, 1.807) is 11.8 Å². The quantitative estimate of drug-likeness (QED) is 0.476. The predicted octanol–water partition coefficient (Wildman–Crippen LogP) is 1.35. The minimum absolute atomic E-state index is 0.00968. The van der Waals surface area contributed by atoms with Crippen molar-refractivity contribution in [2.75, 3.05) is 23.8 Å². The van der Waals surface area contributed by atoms with E-state index in [1.807, 2.05) is 13.8 Å². The van der Waals surface area contributed by atoms with Gasteiger partial charge < -0.3 is 15.4 Å². The lowest BCUT2D eigenvalue weighted by atomic mass is 10.3. The van der Waals surface area contributed by atoms with Gasteiger partial charge in [-0.2, -0.15) is 0 Å². The number of pyridine rings is 1. The average Bonchev–Trinajstić information content (AvgIpc) is 2.35. The molecule has 0 radical (unpaired) electrons. The largest absolute Gasteiger partial charge is 0.465 e. The number of anilines is 2. The Labute approximate surface area is 116 Å². The van der Waals surface area contributed by atoms with Crippen LogP contribution in [0.3, 0.4) is 0 Å². The third-order valence-electron chi connectivity index (χ3n) is 2.61. The normalized spacial score (nSPS) is 10.4. The van der Waals surface area contributed by atoms with Crippen LogP contribution in [0.15, 0.2) is 12.1 Å². The number of esters is 1. The van der Waals surface area contributed by atoms with E-state index in [0.29, 0.717) is 12.4 Å². The van der Waals surface area contributed by atoms with Crippen LogP contribution in [0.4, 0.5) is 17.3 Å². The average molecular weight is 282 g/mol. The van der Waals surface area contributed by atoms with E-state index in [1.165, 1.54) is 12.1 Å². The summed E-state index contributed by atoms with van der Waals surface area (Å²) in [5, 5.41) is 10.7. The zero-order valence-electron chi connectivity index (χ0n) is 11.7. The molecule has 0 amide bonds. The number of hydrogen-bond acceptors (Lipinski definition) is 7. The number of ether oxygens (including phenoxy) is 1. The Morgan fingerprint density at radius 3 is 2.65 bits per heavy atom. The van der Waals surface area contributed by atoms with Gasteiger partial charge in [0.2, 0.25) is 5.82 Å². The molecule has 0 spiro atoms. The third kappa shape index (κ3) is 3.81. The van der Waals surface area contributed by atoms with Crippen molar-refractivity contribution in [2.24, 2.45) is 0 Å². The van der Waals surface area contributed by atoms with Crippen LogP contribution in [-0.4, -0.2) is 35.1 Å². The van der Waals surface area contributed by atoms with Gasteiger partial charge in [0, 0.05) is 12.1 Å². The van der Waals surface area contributed by atoms with Crippen molar-refractivity contribution in [3.63, 3.8) is 0 Å². The Morgan fingerprint density at radius 2 is 2.20 bits per heavy atom. The Hall–Kier alpha value is -2.38. The van der Waals surface area contributed by atoms with Crippen molar-refractivity contribution < 1.29 is 14.5 Å². The summed E-state index contributed by atoms with van der Waals surface area (Å²) in [7, 11) is 0. The molecule has 0 unspecified atom stereocenters. The molecule has 1 aromatic rings. The highest BCUT2D eigenvalue weighted by Gasteiger charge is 2.20. The molecule has 0 aliphatic rings. The summed E-state index contributed by atoms with van der Waals surface area (Å²) in [4.78, 5) is 27.3. The molecule has 0 aromatic carbocycles. The summed E-state index contributed by atoms with van der Waals surface area (Å²) < 4.78 is 4.89. The lowest BCUT2D eigenvalue weighted by Gasteiger charge is -2.26. The fourth-order valence-electron chi connectivity index (χ4n) is 1.64. The van der Waals surface area contributed by atoms with Crippen molar-refractivity contribution in [3.05, 3.63) is 22.2 Å². The molecule has 0 saturated carbocycles. The second-order valence-corrected chi connectivity index (χ2v) is 4.36. The number of rotatable bonds is 6. The molecular formula is C12H18N4O4. The van der Waals surface area contributed by atoms with E-state index in [9.17, 15) is 14.9 Å². The van der Waals surface area contributed by atoms with Crippen LogP contribution in [0.2, 0.25) is 0 Å². The molecule has 20 heavy (non-hydrogen) atoms. The maximum Gasteiger partial charge on any atom is 0.325 e. The molecule has 1 aromatic heterocycles. The zero-order valence-corrected chi connectivity index (χ0v) is 11.7. The summed E-state index contributed by atoms with van der Waals surface area (Å²) in [6, 6.07) is 2.71. The van der Waals surface area contributed by atoms with Gasteiger partial charge in [0.1, 0.15) is 12.4 Å². The number of carbonyl (C=O) groups is 1. The van der Waals surface area contributed by atoms with Crippen LogP contribution in [0, 0.1) is 10.1 Å². The molecule has 1 heterocycles. The second kappa shape index (κ2) is 6.69. The number of nitro groups is 1. The number of nitrogens with two attached hydrogens (primary N) is 1. The van der Waals surface area contributed by atoms with Gasteiger partial charge in [-0.3, -0.25) is 14.9 Å². The lowest BCUT2D eigenvalue weighted by Crippen LogP contribution is -2.37. The van der Waals surface area contributed by atoms with Gasteiger partial charge in [-0.1, -0.05) is 0 Å². The van der Waals surface area contributed by atoms with Gasteiger partial charge in [0.25, 0.3) is 0 Å². The number of carbonyl (C=O) groups excluding carboxylic acids is 1. The number of nitrogens with zero attached hydrogens (tertiary/aromatic N) is 3. The molecule has 0 saturated heterocycles. The van der Waals surface area contributed by atoms with Gasteiger partial charge in [-0.25, -0.2) is 4.98 Å². The molecular weight excluding hydrogens is 264 g/mol. The van der Waals surface area contributed by atoms with Crippen molar-refractivity contribution >= 4 is 23.3 Å². The zero-order chi connectivity index (χ0) is 15.3. The maximum absolute atomic E-state index is 11.6. The van der Waals surface area contributed by atoms with Crippen LogP contribution in [0.5, 0.6) is 0 Å². The molecule has 110 valence electrons. The van der Waals surface area contributed by atoms with Gasteiger partial charge >= 0.3 is 11.7 Å². The van der Waals surface area contributed by atoms with E-state index in [2.05, 4.69) is 4.98 Å². The van der Waals surface area contributed by atoms with Crippen LogP contribution in [0.1, 0.15) is 20.8 Å². The van der Waals surface area contributed by atoms with E-state index < -0.39 is 4.92 Å². The number of nitrogen functional groups attached to an aromatic ring is 1. The first-order valence-electron chi connectivity index (χ1n) is 6.20. The van der Waals surface area contributed by atoms with Crippen molar-refractivity contribution in [3.8, 4) is 0 Å². The highest BCUT2D eigenvalue weighted by Crippen LogP contribution is 2.24. The number of hydrogen-bond donors (Lipinski definition) is 1. The lowest BCUT2D eigenvalue weighted by molar-refractivity contribution is -0.384. The van der Waals surface area contributed by atoms with Gasteiger partial charge in [0.05, 0.1) is 11.5 Å². The Bertz CT molecular complexity index is 504. The monoisotopic (exact) mass is 282 g/mol. The number of aromatic nitrogens is 1. The molecule has 8 heteroatoms. The summed E-state index contributed by atoms with van der Waals surface area (Å²) in [5.41, 5.74) is 5.30. The van der Waals surface area contributed by atoms with Crippen LogP contribution in [-0.2, 0) is 9.53 Å². The Kier molecular flexibility index (Phi) is 5.24. The summed E-state index contributed by atoms with van der Waals surface area (Å²) in [6.07, 6.45) is 0. The van der Waals surface area contributed by atoms with Gasteiger partial charge in [-0.15, -0.1) is 0 Å². The Balaban J connectivity index is 3.01. The van der Waals surface area contributed by atoms with E-state index in [4.69, 9.17) is 10.5 Å². The summed E-state index contributed by atoms with van der Waals surface area (Å²) in [6.45, 7) is 5.77. The molecule has 1 rings (SSSR count). The van der Waals surface area contributed by atoms with E-state index in [0.717, 1.165) is 0 Å². The van der Waals surface area contributed by atoms with Crippen LogP contribution < -0.4 is 10.6 Å². The summed E-state index contributed by atoms with van der Waals surface area (Å²) in [5.74, 6) is -0.168. The van der Waals surface area contributed by atoms with Crippen LogP contribution in [0.25, 0.3) is 0 Å². The first-order valence-corrected chi connectivity index (χ1v) is 6.20. The van der Waals surface area contributed by atoms with Crippen molar-refractivity contribution in [2.45, 2.75) is 26.8 Å². The van der Waals surface area contributed by atoms with Crippen LogP contribution >= 0.6 is 0 Å². The highest BCUT2D eigenvalue weighted by molar-refractivity contribution is 5.76. The molecule has 8 nitrogen and oxygen atoms in total. The summed E-state index contributed by atoms with van der Waals surface area (Å²) >= 11 is 0. The maximum atomic E-state index is 11.6. The van der Waals surface area contributed by atoms with E-state index >= 15 is 0 Å². The molecule has 0 atom stereocenters. The first-order chi connectivity index (χ1) is 9.36. The first kappa shape index (κ1) is 15.7.